The van der Waals surface area contributed by atoms with E-state index in [2.05, 4.69) is 59.1 Å². The second-order valence-electron chi connectivity index (χ2n) is 6.29. The molecule has 0 radical (unpaired) electrons. The molecule has 1 N–H and O–H groups in total. The zero-order chi connectivity index (χ0) is 19.4. The number of hydrogen-bond acceptors (Lipinski definition) is 4. The second-order valence-corrected chi connectivity index (χ2v) is 8.00. The van der Waals surface area contributed by atoms with Crippen molar-refractivity contribution in [1.29, 1.82) is 0 Å². The lowest BCUT2D eigenvalue weighted by atomic mass is 10.1. The summed E-state index contributed by atoms with van der Waals surface area (Å²) in [4.78, 5) is 16.7. The third-order valence-electron chi connectivity index (χ3n) is 4.32. The van der Waals surface area contributed by atoms with Crippen LogP contribution in [0.1, 0.15) is 23.6 Å². The molecule has 0 aliphatic heterocycles. The summed E-state index contributed by atoms with van der Waals surface area (Å²) < 4.78 is 6.46. The zero-order valence-electron chi connectivity index (χ0n) is 15.5. The lowest BCUT2D eigenvalue weighted by Crippen LogP contribution is -2.20. The van der Waals surface area contributed by atoms with E-state index in [4.69, 9.17) is 4.74 Å². The molecule has 3 rings (SSSR count). The summed E-state index contributed by atoms with van der Waals surface area (Å²) in [5.74, 6) is 0.416. The molecule has 3 aromatic rings. The largest absolute Gasteiger partial charge is 0.483 e. The van der Waals surface area contributed by atoms with Gasteiger partial charge in [0.15, 0.2) is 11.7 Å². The molecule has 2 aromatic carbocycles. The van der Waals surface area contributed by atoms with E-state index in [0.717, 1.165) is 22.2 Å². The van der Waals surface area contributed by atoms with Crippen LogP contribution >= 0.6 is 27.3 Å². The van der Waals surface area contributed by atoms with Crippen molar-refractivity contribution in [2.75, 3.05) is 11.9 Å². The molecule has 0 unspecified atom stereocenters. The number of carbonyl (C=O) groups excluding carboxylic acids is 1. The van der Waals surface area contributed by atoms with Gasteiger partial charge >= 0.3 is 0 Å². The van der Waals surface area contributed by atoms with Crippen LogP contribution in [0.25, 0.3) is 11.3 Å². The number of benzene rings is 2. The van der Waals surface area contributed by atoms with Crippen LogP contribution in [0, 0.1) is 13.8 Å². The highest BCUT2D eigenvalue weighted by Crippen LogP contribution is 2.28. The van der Waals surface area contributed by atoms with Gasteiger partial charge in [0.25, 0.3) is 5.91 Å². The molecule has 0 saturated heterocycles. The Labute approximate surface area is 171 Å². The van der Waals surface area contributed by atoms with E-state index in [9.17, 15) is 4.79 Å². The SMILES string of the molecule is CCc1ccc(OCC(=O)Nc2nc(-c3ccc(C)c(C)c3)cs2)c(Br)c1. The van der Waals surface area contributed by atoms with Crippen LogP contribution < -0.4 is 10.1 Å². The number of hydrogen-bond donors (Lipinski definition) is 1. The van der Waals surface area contributed by atoms with Gasteiger partial charge in [-0.15, -0.1) is 11.3 Å². The minimum Gasteiger partial charge on any atom is -0.483 e. The number of nitrogens with zero attached hydrogens (tertiary/aromatic N) is 1. The third kappa shape index (κ3) is 4.96. The standard InChI is InChI=1S/C21H21BrN2O2S/c1-4-15-6-8-19(17(22)10-15)26-11-20(25)24-21-23-18(12-27-21)16-7-5-13(2)14(3)9-16/h5-10,12H,4,11H2,1-3H3,(H,23,24,25). The molecule has 0 aliphatic rings. The monoisotopic (exact) mass is 444 g/mol. The van der Waals surface area contributed by atoms with Crippen LogP contribution in [0.2, 0.25) is 0 Å². The lowest BCUT2D eigenvalue weighted by Gasteiger charge is -2.09. The number of aryl methyl sites for hydroxylation is 3. The molecule has 6 heteroatoms. The van der Waals surface area contributed by atoms with E-state index in [1.807, 2.05) is 29.6 Å². The second kappa shape index (κ2) is 8.67. The molecule has 1 amide bonds. The van der Waals surface area contributed by atoms with Gasteiger partial charge in [-0.25, -0.2) is 4.98 Å². The van der Waals surface area contributed by atoms with Crippen LogP contribution in [-0.2, 0) is 11.2 Å². The van der Waals surface area contributed by atoms with E-state index in [1.54, 1.807) is 0 Å². The molecule has 0 fully saturated rings. The molecule has 140 valence electrons. The van der Waals surface area contributed by atoms with Gasteiger partial charge in [-0.05, 0) is 71.1 Å². The number of ether oxygens (including phenoxy) is 1. The Morgan fingerprint density at radius 2 is 2.00 bits per heavy atom. The maximum atomic E-state index is 12.2. The van der Waals surface area contributed by atoms with Gasteiger partial charge in [0.1, 0.15) is 5.75 Å². The summed E-state index contributed by atoms with van der Waals surface area (Å²) in [6, 6.07) is 12.1. The Balaban J connectivity index is 1.60. The summed E-state index contributed by atoms with van der Waals surface area (Å²) in [7, 11) is 0. The average molecular weight is 445 g/mol. The fourth-order valence-electron chi connectivity index (χ4n) is 2.54. The molecule has 0 bridgehead atoms. The van der Waals surface area contributed by atoms with Crippen LogP contribution in [0.5, 0.6) is 5.75 Å². The molecule has 4 nitrogen and oxygen atoms in total. The number of amides is 1. The summed E-state index contributed by atoms with van der Waals surface area (Å²) in [6.45, 7) is 6.19. The minimum absolute atomic E-state index is 0.0668. The predicted octanol–water partition coefficient (Wildman–Crippen LogP) is 5.77. The first-order valence-corrected chi connectivity index (χ1v) is 10.4. The number of anilines is 1. The van der Waals surface area contributed by atoms with Crippen molar-refractivity contribution in [3.05, 3.63) is 62.9 Å². The number of rotatable bonds is 6. The first kappa shape index (κ1) is 19.6. The number of halogens is 1. The topological polar surface area (TPSA) is 51.2 Å². The van der Waals surface area contributed by atoms with Gasteiger partial charge in [0.05, 0.1) is 10.2 Å². The van der Waals surface area contributed by atoms with Gasteiger partial charge in [0.2, 0.25) is 0 Å². The van der Waals surface area contributed by atoms with Crippen molar-refractivity contribution in [1.82, 2.24) is 4.98 Å². The van der Waals surface area contributed by atoms with Crippen LogP contribution in [-0.4, -0.2) is 17.5 Å². The Hall–Kier alpha value is -2.18. The summed E-state index contributed by atoms with van der Waals surface area (Å²) in [6.07, 6.45) is 0.951. The molecule has 0 atom stereocenters. The lowest BCUT2D eigenvalue weighted by molar-refractivity contribution is -0.118. The fourth-order valence-corrected chi connectivity index (χ4v) is 3.82. The first-order chi connectivity index (χ1) is 13.0. The van der Waals surface area contributed by atoms with Crippen LogP contribution in [0.15, 0.2) is 46.3 Å². The number of nitrogens with one attached hydrogen (secondary N) is 1. The van der Waals surface area contributed by atoms with Gasteiger partial charge in [-0.1, -0.05) is 25.1 Å². The first-order valence-electron chi connectivity index (χ1n) is 8.70. The maximum Gasteiger partial charge on any atom is 0.264 e. The fraction of sp³-hybridized carbons (Fsp3) is 0.238. The van der Waals surface area contributed by atoms with Gasteiger partial charge in [-0.2, -0.15) is 0 Å². The Kier molecular flexibility index (Phi) is 6.29. The molecule has 27 heavy (non-hydrogen) atoms. The molecule has 1 aromatic heterocycles. The van der Waals surface area contributed by atoms with E-state index >= 15 is 0 Å². The van der Waals surface area contributed by atoms with Crippen LogP contribution in [0.3, 0.4) is 0 Å². The molecule has 0 spiro atoms. The van der Waals surface area contributed by atoms with Crippen molar-refractivity contribution in [2.45, 2.75) is 27.2 Å². The smallest absolute Gasteiger partial charge is 0.264 e. The van der Waals surface area contributed by atoms with Crippen LogP contribution in [0.4, 0.5) is 5.13 Å². The zero-order valence-corrected chi connectivity index (χ0v) is 17.9. The third-order valence-corrected chi connectivity index (χ3v) is 5.69. The molecule has 1 heterocycles. The normalized spacial score (nSPS) is 10.7. The molecular weight excluding hydrogens is 424 g/mol. The number of carbonyl (C=O) groups is 1. The van der Waals surface area contributed by atoms with E-state index in [0.29, 0.717) is 10.9 Å². The highest BCUT2D eigenvalue weighted by molar-refractivity contribution is 9.10. The highest BCUT2D eigenvalue weighted by Gasteiger charge is 2.10. The number of aromatic nitrogens is 1. The Morgan fingerprint density at radius 3 is 2.70 bits per heavy atom. The van der Waals surface area contributed by atoms with E-state index in [-0.39, 0.29) is 12.5 Å². The molecule has 0 aliphatic carbocycles. The van der Waals surface area contributed by atoms with E-state index < -0.39 is 0 Å². The summed E-state index contributed by atoms with van der Waals surface area (Å²) >= 11 is 4.88. The minimum atomic E-state index is -0.234. The van der Waals surface area contributed by atoms with Crippen molar-refractivity contribution < 1.29 is 9.53 Å². The number of thiazole rings is 1. The van der Waals surface area contributed by atoms with Gasteiger partial charge in [-0.3, -0.25) is 10.1 Å². The van der Waals surface area contributed by atoms with Crippen molar-refractivity contribution in [2.24, 2.45) is 0 Å². The summed E-state index contributed by atoms with van der Waals surface area (Å²) in [5.41, 5.74) is 5.58. The predicted molar refractivity (Wildman–Crippen MR) is 115 cm³/mol. The molecular formula is C21H21BrN2O2S. The quantitative estimate of drug-likeness (QED) is 0.524. The van der Waals surface area contributed by atoms with Gasteiger partial charge < -0.3 is 4.74 Å². The highest BCUT2D eigenvalue weighted by atomic mass is 79.9. The van der Waals surface area contributed by atoms with E-state index in [1.165, 1.54) is 28.0 Å². The molecule has 0 saturated carbocycles. The maximum absolute atomic E-state index is 12.2. The summed E-state index contributed by atoms with van der Waals surface area (Å²) in [5, 5.41) is 5.31. The van der Waals surface area contributed by atoms with Crippen molar-refractivity contribution >= 4 is 38.3 Å². The average Bonchev–Trinajstić information content (AvgIpc) is 3.11. The van der Waals surface area contributed by atoms with Gasteiger partial charge in [0, 0.05) is 10.9 Å². The van der Waals surface area contributed by atoms with Crippen molar-refractivity contribution in [3.63, 3.8) is 0 Å². The Bertz CT molecular complexity index is 969. The van der Waals surface area contributed by atoms with Crippen molar-refractivity contribution in [3.8, 4) is 17.0 Å². The Morgan fingerprint density at radius 1 is 1.19 bits per heavy atom.